The monoisotopic (exact) mass is 269 g/mol. The van der Waals surface area contributed by atoms with Gasteiger partial charge in [-0.25, -0.2) is 4.79 Å². The maximum Gasteiger partial charge on any atom is 0.342 e. The lowest BCUT2D eigenvalue weighted by molar-refractivity contribution is 0.0415. The van der Waals surface area contributed by atoms with Crippen molar-refractivity contribution in [2.75, 3.05) is 0 Å². The molecular weight excluding hydrogens is 252 g/mol. The first-order valence-corrected chi connectivity index (χ1v) is 6.46. The second kappa shape index (κ2) is 6.75. The zero-order valence-corrected chi connectivity index (χ0v) is 11.4. The molecule has 3 nitrogen and oxygen atoms in total. The van der Waals surface area contributed by atoms with E-state index in [2.05, 4.69) is 6.92 Å². The number of esters is 1. The van der Waals surface area contributed by atoms with Gasteiger partial charge >= 0.3 is 5.97 Å². The minimum atomic E-state index is -0.420. The number of hydrogen-bond acceptors (Lipinski definition) is 3. The predicted molar refractivity (Wildman–Crippen MR) is 77.5 cm³/mol. The van der Waals surface area contributed by atoms with Crippen molar-refractivity contribution >= 4 is 5.97 Å². The standard InChI is InChI=1S/C17H17O3/c1-13(2)20-17(18)15-10-6-7-11-16(15)19-12-14-8-4-3-5-9-14/h3-11,13H,1,12H2,2H3/t13-/m1/s1. The number of rotatable bonds is 5. The van der Waals surface area contributed by atoms with Gasteiger partial charge in [0.2, 0.25) is 0 Å². The van der Waals surface area contributed by atoms with Crippen molar-refractivity contribution in [3.8, 4) is 5.75 Å². The van der Waals surface area contributed by atoms with Crippen molar-refractivity contribution in [3.05, 3.63) is 72.6 Å². The number of benzene rings is 2. The summed E-state index contributed by atoms with van der Waals surface area (Å²) in [6.45, 7) is 5.76. The van der Waals surface area contributed by atoms with E-state index in [0.717, 1.165) is 5.56 Å². The smallest absolute Gasteiger partial charge is 0.342 e. The first-order chi connectivity index (χ1) is 9.66. The molecule has 0 amide bonds. The molecule has 0 spiro atoms. The number of hydrogen-bond donors (Lipinski definition) is 0. The summed E-state index contributed by atoms with van der Waals surface area (Å²) in [5.74, 6) is 0.0955. The number of carbonyl (C=O) groups excluding carboxylic acids is 1. The topological polar surface area (TPSA) is 35.5 Å². The Morgan fingerprint density at radius 1 is 1.10 bits per heavy atom. The third-order valence-electron chi connectivity index (χ3n) is 2.65. The van der Waals surface area contributed by atoms with Crippen molar-refractivity contribution < 1.29 is 14.3 Å². The lowest BCUT2D eigenvalue weighted by Gasteiger charge is -2.12. The van der Waals surface area contributed by atoms with E-state index in [1.807, 2.05) is 36.4 Å². The van der Waals surface area contributed by atoms with E-state index in [4.69, 9.17) is 9.47 Å². The van der Waals surface area contributed by atoms with Gasteiger partial charge in [0.1, 0.15) is 17.9 Å². The van der Waals surface area contributed by atoms with Crippen molar-refractivity contribution in [2.24, 2.45) is 0 Å². The largest absolute Gasteiger partial charge is 0.488 e. The molecule has 0 N–H and O–H groups in total. The Morgan fingerprint density at radius 2 is 1.75 bits per heavy atom. The molecule has 3 heteroatoms. The molecule has 0 bridgehead atoms. The first-order valence-electron chi connectivity index (χ1n) is 6.46. The summed E-state index contributed by atoms with van der Waals surface area (Å²) in [7, 11) is 0. The summed E-state index contributed by atoms with van der Waals surface area (Å²) in [4.78, 5) is 11.9. The van der Waals surface area contributed by atoms with E-state index < -0.39 is 12.1 Å². The van der Waals surface area contributed by atoms with E-state index in [-0.39, 0.29) is 0 Å². The molecule has 20 heavy (non-hydrogen) atoms. The Kier molecular flexibility index (Phi) is 4.77. The van der Waals surface area contributed by atoms with Crippen LogP contribution >= 0.6 is 0 Å². The van der Waals surface area contributed by atoms with Gasteiger partial charge in [-0.15, -0.1) is 0 Å². The van der Waals surface area contributed by atoms with Gasteiger partial charge in [-0.1, -0.05) is 42.5 Å². The van der Waals surface area contributed by atoms with Crippen LogP contribution in [0.15, 0.2) is 54.6 Å². The molecule has 0 saturated carbocycles. The molecule has 1 atom stereocenters. The van der Waals surface area contributed by atoms with Crippen LogP contribution in [0.2, 0.25) is 0 Å². The quantitative estimate of drug-likeness (QED) is 0.777. The minimum Gasteiger partial charge on any atom is -0.488 e. The highest BCUT2D eigenvalue weighted by Crippen LogP contribution is 2.20. The molecule has 2 aromatic rings. The molecule has 0 aliphatic rings. The fraction of sp³-hybridized carbons (Fsp3) is 0.176. The van der Waals surface area contributed by atoms with Crippen LogP contribution < -0.4 is 4.74 Å². The Hall–Kier alpha value is -2.29. The summed E-state index contributed by atoms with van der Waals surface area (Å²) in [6, 6.07) is 16.8. The van der Waals surface area contributed by atoms with Gasteiger partial charge in [0.25, 0.3) is 0 Å². The zero-order chi connectivity index (χ0) is 14.4. The lowest BCUT2D eigenvalue weighted by Crippen LogP contribution is -2.13. The van der Waals surface area contributed by atoms with Crippen molar-refractivity contribution in [1.29, 1.82) is 0 Å². The van der Waals surface area contributed by atoms with Gasteiger partial charge < -0.3 is 9.47 Å². The van der Waals surface area contributed by atoms with E-state index in [9.17, 15) is 4.79 Å². The van der Waals surface area contributed by atoms with Gasteiger partial charge in [-0.05, 0) is 31.5 Å². The average molecular weight is 269 g/mol. The lowest BCUT2D eigenvalue weighted by atomic mass is 10.2. The fourth-order valence-electron chi connectivity index (χ4n) is 1.74. The first kappa shape index (κ1) is 14.1. The molecule has 0 aliphatic carbocycles. The third kappa shape index (κ3) is 3.85. The van der Waals surface area contributed by atoms with Crippen LogP contribution in [0.3, 0.4) is 0 Å². The van der Waals surface area contributed by atoms with Crippen molar-refractivity contribution in [2.45, 2.75) is 19.6 Å². The maximum absolute atomic E-state index is 11.9. The Bertz CT molecular complexity index is 561. The second-order valence-corrected chi connectivity index (χ2v) is 4.49. The fourth-order valence-corrected chi connectivity index (χ4v) is 1.74. The van der Waals surface area contributed by atoms with E-state index in [0.29, 0.717) is 17.9 Å². The molecule has 0 aliphatic heterocycles. The number of ether oxygens (including phenoxy) is 2. The predicted octanol–water partition coefficient (Wildman–Crippen LogP) is 3.64. The van der Waals surface area contributed by atoms with Crippen LogP contribution in [0.4, 0.5) is 0 Å². The van der Waals surface area contributed by atoms with Gasteiger partial charge in [-0.3, -0.25) is 0 Å². The molecule has 0 fully saturated rings. The van der Waals surface area contributed by atoms with Crippen molar-refractivity contribution in [1.82, 2.24) is 0 Å². The van der Waals surface area contributed by atoms with Crippen LogP contribution in [0.5, 0.6) is 5.75 Å². The third-order valence-corrected chi connectivity index (χ3v) is 2.65. The maximum atomic E-state index is 11.9. The van der Waals surface area contributed by atoms with Gasteiger partial charge in [0, 0.05) is 0 Å². The number of para-hydroxylation sites is 1. The Labute approximate surface area is 119 Å². The average Bonchev–Trinajstić information content (AvgIpc) is 2.46. The van der Waals surface area contributed by atoms with E-state index in [1.54, 1.807) is 25.1 Å². The van der Waals surface area contributed by atoms with Crippen LogP contribution in [0.25, 0.3) is 0 Å². The summed E-state index contributed by atoms with van der Waals surface area (Å²) >= 11 is 0. The van der Waals surface area contributed by atoms with Crippen LogP contribution in [-0.4, -0.2) is 12.1 Å². The van der Waals surface area contributed by atoms with Crippen molar-refractivity contribution in [3.63, 3.8) is 0 Å². The molecular formula is C17H17O3. The highest BCUT2D eigenvalue weighted by atomic mass is 16.5. The molecule has 0 saturated heterocycles. The van der Waals surface area contributed by atoms with E-state index in [1.165, 1.54) is 0 Å². The molecule has 0 heterocycles. The molecule has 0 unspecified atom stereocenters. The summed E-state index contributed by atoms with van der Waals surface area (Å²) in [5.41, 5.74) is 1.46. The zero-order valence-electron chi connectivity index (χ0n) is 11.4. The van der Waals surface area contributed by atoms with Gasteiger partial charge in [0.15, 0.2) is 0 Å². The summed E-state index contributed by atoms with van der Waals surface area (Å²) in [6.07, 6.45) is -0.398. The van der Waals surface area contributed by atoms with Crippen LogP contribution in [-0.2, 0) is 11.3 Å². The molecule has 0 aromatic heterocycles. The molecule has 2 aromatic carbocycles. The normalized spacial score (nSPS) is 10.3. The second-order valence-electron chi connectivity index (χ2n) is 4.49. The molecule has 103 valence electrons. The molecule has 2 rings (SSSR count). The van der Waals surface area contributed by atoms with E-state index >= 15 is 0 Å². The summed E-state index contributed by atoms with van der Waals surface area (Å²) in [5, 5.41) is 0. The highest BCUT2D eigenvalue weighted by molar-refractivity contribution is 5.92. The highest BCUT2D eigenvalue weighted by Gasteiger charge is 2.14. The number of carbonyl (C=O) groups is 1. The SMILES string of the molecule is [CH2][C@H](C)OC(=O)c1ccccc1OCc1ccccc1. The Balaban J connectivity index is 2.10. The van der Waals surface area contributed by atoms with Gasteiger partial charge in [-0.2, -0.15) is 0 Å². The summed E-state index contributed by atoms with van der Waals surface area (Å²) < 4.78 is 10.8. The Morgan fingerprint density at radius 3 is 2.45 bits per heavy atom. The molecule has 1 radical (unpaired) electrons. The van der Waals surface area contributed by atoms with Crippen LogP contribution in [0, 0.1) is 6.92 Å². The minimum absolute atomic E-state index is 0.398. The van der Waals surface area contributed by atoms with Gasteiger partial charge in [0.05, 0.1) is 6.10 Å². The van der Waals surface area contributed by atoms with Crippen LogP contribution in [0.1, 0.15) is 22.8 Å².